The van der Waals surface area contributed by atoms with Gasteiger partial charge in [0.1, 0.15) is 6.54 Å². The van der Waals surface area contributed by atoms with Crippen LogP contribution in [0.1, 0.15) is 25.0 Å². The van der Waals surface area contributed by atoms with Gasteiger partial charge in [-0.2, -0.15) is 0 Å². The first-order chi connectivity index (χ1) is 15.1. The molecule has 3 aromatic rings. The summed E-state index contributed by atoms with van der Waals surface area (Å²) in [6.45, 7) is 5.34. The molecule has 0 saturated carbocycles. The van der Waals surface area contributed by atoms with Crippen LogP contribution in [0.25, 0.3) is 0 Å². The van der Waals surface area contributed by atoms with Gasteiger partial charge in [0.05, 0.1) is 10.6 Å². The zero-order valence-corrected chi connectivity index (χ0v) is 20.0. The number of carbonyl (C=O) groups is 1. The summed E-state index contributed by atoms with van der Waals surface area (Å²) in [5.74, 6) is -0.401. The molecular weight excluding hydrogens is 444 g/mol. The first kappa shape index (κ1) is 23.8. The van der Waals surface area contributed by atoms with Crippen molar-refractivity contribution in [3.63, 3.8) is 0 Å². The van der Waals surface area contributed by atoms with Gasteiger partial charge in [-0.3, -0.25) is 9.10 Å². The van der Waals surface area contributed by atoms with E-state index in [2.05, 4.69) is 5.32 Å². The minimum absolute atomic E-state index is 0.111. The van der Waals surface area contributed by atoms with Crippen molar-refractivity contribution < 1.29 is 13.2 Å². The predicted octanol–water partition coefficient (Wildman–Crippen LogP) is 4.98. The number of rotatable bonds is 8. The molecule has 0 bridgehead atoms. The number of nitrogens with zero attached hydrogens (tertiary/aromatic N) is 1. The molecule has 0 atom stereocenters. The monoisotopic (exact) mass is 470 g/mol. The van der Waals surface area contributed by atoms with Gasteiger partial charge in [0.2, 0.25) is 5.91 Å². The number of anilines is 1. The van der Waals surface area contributed by atoms with E-state index in [0.29, 0.717) is 17.1 Å². The number of nitrogens with one attached hydrogen (secondary N) is 1. The van der Waals surface area contributed by atoms with Crippen molar-refractivity contribution in [2.45, 2.75) is 37.6 Å². The SMILES string of the molecule is Cc1ccc(S(=O)(=O)N(CC(=O)NC(C)(C)Cc2ccccc2)c2cccc(Cl)c2)cc1. The molecule has 1 amide bonds. The summed E-state index contributed by atoms with van der Waals surface area (Å²) in [5.41, 5.74) is 1.79. The summed E-state index contributed by atoms with van der Waals surface area (Å²) in [5, 5.41) is 3.36. The first-order valence-electron chi connectivity index (χ1n) is 10.3. The Hall–Kier alpha value is -2.83. The average Bonchev–Trinajstić information content (AvgIpc) is 2.72. The van der Waals surface area contributed by atoms with Gasteiger partial charge in [-0.05, 0) is 63.1 Å². The van der Waals surface area contributed by atoms with Gasteiger partial charge in [0, 0.05) is 10.6 Å². The van der Waals surface area contributed by atoms with Crippen LogP contribution in [0.2, 0.25) is 5.02 Å². The number of amides is 1. The molecule has 3 rings (SSSR count). The van der Waals surface area contributed by atoms with E-state index in [4.69, 9.17) is 11.6 Å². The highest BCUT2D eigenvalue weighted by Crippen LogP contribution is 2.26. The van der Waals surface area contributed by atoms with Gasteiger partial charge in [0.15, 0.2) is 0 Å². The number of aryl methyl sites for hydroxylation is 1. The maximum atomic E-state index is 13.5. The third kappa shape index (κ3) is 6.11. The summed E-state index contributed by atoms with van der Waals surface area (Å²) in [4.78, 5) is 13.1. The molecule has 0 unspecified atom stereocenters. The van der Waals surface area contributed by atoms with E-state index in [1.54, 1.807) is 42.5 Å². The van der Waals surface area contributed by atoms with Crippen molar-refractivity contribution in [2.24, 2.45) is 0 Å². The highest BCUT2D eigenvalue weighted by molar-refractivity contribution is 7.92. The predicted molar refractivity (Wildman–Crippen MR) is 130 cm³/mol. The Kier molecular flexibility index (Phi) is 7.26. The van der Waals surface area contributed by atoms with E-state index in [9.17, 15) is 13.2 Å². The van der Waals surface area contributed by atoms with Crippen molar-refractivity contribution in [1.29, 1.82) is 0 Å². The summed E-state index contributed by atoms with van der Waals surface area (Å²) >= 11 is 6.12. The Labute approximate surface area is 195 Å². The highest BCUT2D eigenvalue weighted by atomic mass is 35.5. The molecule has 0 saturated heterocycles. The van der Waals surface area contributed by atoms with Crippen LogP contribution in [-0.4, -0.2) is 26.4 Å². The van der Waals surface area contributed by atoms with Crippen LogP contribution >= 0.6 is 11.6 Å². The number of halogens is 1. The van der Waals surface area contributed by atoms with Gasteiger partial charge in [0.25, 0.3) is 10.0 Å². The Morgan fingerprint density at radius 2 is 1.62 bits per heavy atom. The van der Waals surface area contributed by atoms with Crippen molar-refractivity contribution in [2.75, 3.05) is 10.8 Å². The molecule has 1 N–H and O–H groups in total. The molecule has 0 spiro atoms. The van der Waals surface area contributed by atoms with Crippen LogP contribution in [0, 0.1) is 6.92 Å². The lowest BCUT2D eigenvalue weighted by Crippen LogP contribution is -2.50. The number of sulfonamides is 1. The molecule has 7 heteroatoms. The van der Waals surface area contributed by atoms with Gasteiger partial charge in [-0.25, -0.2) is 8.42 Å². The Bertz CT molecular complexity index is 1180. The Balaban J connectivity index is 1.87. The Morgan fingerprint density at radius 1 is 0.969 bits per heavy atom. The molecule has 0 aliphatic carbocycles. The minimum atomic E-state index is -3.98. The molecule has 32 heavy (non-hydrogen) atoms. The average molecular weight is 471 g/mol. The van der Waals surface area contributed by atoms with E-state index in [1.165, 1.54) is 6.07 Å². The van der Waals surface area contributed by atoms with Crippen molar-refractivity contribution in [3.05, 3.63) is 95.0 Å². The van der Waals surface area contributed by atoms with Crippen LogP contribution in [0.3, 0.4) is 0 Å². The highest BCUT2D eigenvalue weighted by Gasteiger charge is 2.29. The number of hydrogen-bond donors (Lipinski definition) is 1. The molecule has 0 aliphatic rings. The van der Waals surface area contributed by atoms with E-state index >= 15 is 0 Å². The van der Waals surface area contributed by atoms with Crippen molar-refractivity contribution in [1.82, 2.24) is 5.32 Å². The second-order valence-corrected chi connectivity index (χ2v) is 10.7. The normalized spacial score (nSPS) is 11.8. The van der Waals surface area contributed by atoms with E-state index in [0.717, 1.165) is 15.4 Å². The maximum absolute atomic E-state index is 13.5. The van der Waals surface area contributed by atoms with Crippen LogP contribution in [0.5, 0.6) is 0 Å². The summed E-state index contributed by atoms with van der Waals surface area (Å²) in [6, 6.07) is 22.8. The smallest absolute Gasteiger partial charge is 0.264 e. The van der Waals surface area contributed by atoms with E-state index in [1.807, 2.05) is 51.1 Å². The molecule has 0 radical (unpaired) electrons. The zero-order valence-electron chi connectivity index (χ0n) is 18.4. The van der Waals surface area contributed by atoms with Crippen molar-refractivity contribution >= 4 is 33.2 Å². The quantitative estimate of drug-likeness (QED) is 0.504. The third-order valence-corrected chi connectivity index (χ3v) is 6.98. The fraction of sp³-hybridized carbons (Fsp3) is 0.240. The lowest BCUT2D eigenvalue weighted by atomic mass is 9.95. The Morgan fingerprint density at radius 3 is 2.25 bits per heavy atom. The number of benzene rings is 3. The fourth-order valence-corrected chi connectivity index (χ4v) is 5.08. The standard InChI is InChI=1S/C25H27ClN2O3S/c1-19-12-14-23(15-13-19)32(30,31)28(22-11-7-10-21(26)16-22)18-24(29)27-25(2,3)17-20-8-5-4-6-9-20/h4-16H,17-18H2,1-3H3,(H,27,29). The van der Waals surface area contributed by atoms with Gasteiger partial charge < -0.3 is 5.32 Å². The molecule has 0 aromatic heterocycles. The molecule has 3 aromatic carbocycles. The molecular formula is C25H27ClN2O3S. The molecule has 168 valence electrons. The van der Waals surface area contributed by atoms with Crippen LogP contribution < -0.4 is 9.62 Å². The minimum Gasteiger partial charge on any atom is -0.349 e. The third-order valence-electron chi connectivity index (χ3n) is 4.96. The lowest BCUT2D eigenvalue weighted by molar-refractivity contribution is -0.121. The molecule has 5 nitrogen and oxygen atoms in total. The maximum Gasteiger partial charge on any atom is 0.264 e. The second kappa shape index (κ2) is 9.76. The number of hydrogen-bond acceptors (Lipinski definition) is 3. The first-order valence-corrected chi connectivity index (χ1v) is 12.1. The van der Waals surface area contributed by atoms with Crippen LogP contribution in [-0.2, 0) is 21.2 Å². The zero-order chi connectivity index (χ0) is 23.4. The van der Waals surface area contributed by atoms with Gasteiger partial charge >= 0.3 is 0 Å². The number of carbonyl (C=O) groups excluding carboxylic acids is 1. The summed E-state index contributed by atoms with van der Waals surface area (Å²) in [7, 11) is -3.98. The largest absolute Gasteiger partial charge is 0.349 e. The topological polar surface area (TPSA) is 66.5 Å². The summed E-state index contributed by atoms with van der Waals surface area (Å²) < 4.78 is 28.0. The molecule has 0 fully saturated rings. The summed E-state index contributed by atoms with van der Waals surface area (Å²) in [6.07, 6.45) is 0.613. The van der Waals surface area contributed by atoms with Gasteiger partial charge in [-0.15, -0.1) is 0 Å². The van der Waals surface area contributed by atoms with Crippen LogP contribution in [0.15, 0.2) is 83.8 Å². The molecule has 0 aliphatic heterocycles. The second-order valence-electron chi connectivity index (χ2n) is 8.40. The fourth-order valence-electron chi connectivity index (χ4n) is 3.48. The van der Waals surface area contributed by atoms with Gasteiger partial charge in [-0.1, -0.05) is 65.7 Å². The van der Waals surface area contributed by atoms with Crippen LogP contribution in [0.4, 0.5) is 5.69 Å². The van der Waals surface area contributed by atoms with Crippen molar-refractivity contribution in [3.8, 4) is 0 Å². The lowest BCUT2D eigenvalue weighted by Gasteiger charge is -2.29. The van der Waals surface area contributed by atoms with E-state index < -0.39 is 21.5 Å². The molecule has 0 heterocycles. The van der Waals surface area contributed by atoms with E-state index in [-0.39, 0.29) is 11.4 Å².